The van der Waals surface area contributed by atoms with Crippen LogP contribution in [0, 0.1) is 0 Å². The van der Waals surface area contributed by atoms with Crippen LogP contribution in [-0.4, -0.2) is 17.7 Å². The molecule has 0 fully saturated rings. The number of nitrogens with zero attached hydrogens (tertiary/aromatic N) is 1. The summed E-state index contributed by atoms with van der Waals surface area (Å²) in [5.41, 5.74) is 2.59. The van der Waals surface area contributed by atoms with Crippen molar-refractivity contribution in [2.75, 3.05) is 7.11 Å². The third-order valence-corrected chi connectivity index (χ3v) is 3.13. The molecule has 2 rings (SSSR count). The van der Waals surface area contributed by atoms with Crippen molar-refractivity contribution < 1.29 is 4.74 Å². The van der Waals surface area contributed by atoms with Crippen LogP contribution in [0.3, 0.4) is 0 Å². The van der Waals surface area contributed by atoms with Crippen LogP contribution in [0.2, 0.25) is 0 Å². The molecule has 0 saturated carbocycles. The van der Waals surface area contributed by atoms with E-state index in [0.717, 1.165) is 18.8 Å². The summed E-state index contributed by atoms with van der Waals surface area (Å²) in [7, 11) is 1.69. The first-order valence-electron chi connectivity index (χ1n) is 6.69. The zero-order valence-corrected chi connectivity index (χ0v) is 11.9. The quantitative estimate of drug-likeness (QED) is 0.862. The van der Waals surface area contributed by atoms with E-state index in [4.69, 9.17) is 4.74 Å². The highest BCUT2D eigenvalue weighted by Gasteiger charge is 2.03. The van der Waals surface area contributed by atoms with Gasteiger partial charge in [0, 0.05) is 31.0 Å². The number of ether oxygens (including phenoxy) is 1. The van der Waals surface area contributed by atoms with Gasteiger partial charge in [-0.05, 0) is 29.8 Å². The fourth-order valence-electron chi connectivity index (χ4n) is 2.00. The van der Waals surface area contributed by atoms with Crippen molar-refractivity contribution in [2.45, 2.75) is 33.0 Å². The molecule has 1 N–H and O–H groups in total. The molecule has 0 amide bonds. The summed E-state index contributed by atoms with van der Waals surface area (Å²) in [6.07, 6.45) is 2.13. The third-order valence-electron chi connectivity index (χ3n) is 3.13. The van der Waals surface area contributed by atoms with Crippen molar-refractivity contribution in [3.63, 3.8) is 0 Å². The Morgan fingerprint density at radius 3 is 2.53 bits per heavy atom. The van der Waals surface area contributed by atoms with Crippen LogP contribution in [0.15, 0.2) is 42.6 Å². The number of rotatable bonds is 6. The van der Waals surface area contributed by atoms with Crippen molar-refractivity contribution in [1.82, 2.24) is 9.88 Å². The molecule has 0 unspecified atom stereocenters. The van der Waals surface area contributed by atoms with Crippen LogP contribution in [0.4, 0.5) is 0 Å². The van der Waals surface area contributed by atoms with E-state index in [0.29, 0.717) is 6.04 Å². The molecule has 0 radical (unpaired) electrons. The van der Waals surface area contributed by atoms with Gasteiger partial charge in [-0.25, -0.2) is 0 Å². The first-order chi connectivity index (χ1) is 9.19. The number of hydrogen-bond donors (Lipinski definition) is 1. The standard InChI is InChI=1S/C16H22N2O/c1-13(2)17-11-15-5-4-10-18(15)12-14-6-8-16(19-3)9-7-14/h4-10,13,17H,11-12H2,1-3H3. The Labute approximate surface area is 115 Å². The van der Waals surface area contributed by atoms with Crippen LogP contribution < -0.4 is 10.1 Å². The number of benzene rings is 1. The normalized spacial score (nSPS) is 10.9. The van der Waals surface area contributed by atoms with Gasteiger partial charge >= 0.3 is 0 Å². The van der Waals surface area contributed by atoms with Crippen LogP contribution in [-0.2, 0) is 13.1 Å². The predicted molar refractivity (Wildman–Crippen MR) is 78.5 cm³/mol. The van der Waals surface area contributed by atoms with Gasteiger partial charge in [0.2, 0.25) is 0 Å². The maximum atomic E-state index is 5.18. The topological polar surface area (TPSA) is 26.2 Å². The van der Waals surface area contributed by atoms with Crippen LogP contribution in [0.1, 0.15) is 25.1 Å². The molecule has 2 aromatic rings. The summed E-state index contributed by atoms with van der Waals surface area (Å²) in [4.78, 5) is 0. The van der Waals surface area contributed by atoms with E-state index in [-0.39, 0.29) is 0 Å². The number of aromatic nitrogens is 1. The first kappa shape index (κ1) is 13.7. The van der Waals surface area contributed by atoms with Crippen molar-refractivity contribution in [3.8, 4) is 5.75 Å². The lowest BCUT2D eigenvalue weighted by Crippen LogP contribution is -2.23. The maximum Gasteiger partial charge on any atom is 0.118 e. The number of hydrogen-bond acceptors (Lipinski definition) is 2. The van der Waals surface area contributed by atoms with Gasteiger partial charge in [0.15, 0.2) is 0 Å². The monoisotopic (exact) mass is 258 g/mol. The molecule has 3 nitrogen and oxygen atoms in total. The summed E-state index contributed by atoms with van der Waals surface area (Å²) in [6, 6.07) is 13.0. The van der Waals surface area contributed by atoms with Crippen molar-refractivity contribution >= 4 is 0 Å². The van der Waals surface area contributed by atoms with E-state index in [9.17, 15) is 0 Å². The van der Waals surface area contributed by atoms with Crippen molar-refractivity contribution in [1.29, 1.82) is 0 Å². The van der Waals surface area contributed by atoms with Crippen molar-refractivity contribution in [2.24, 2.45) is 0 Å². The highest BCUT2D eigenvalue weighted by molar-refractivity contribution is 5.27. The molecule has 0 aliphatic rings. The molecule has 0 atom stereocenters. The van der Waals surface area contributed by atoms with E-state index in [2.05, 4.69) is 54.2 Å². The second-order valence-electron chi connectivity index (χ2n) is 5.01. The van der Waals surface area contributed by atoms with Gasteiger partial charge < -0.3 is 14.6 Å². The molecule has 0 aliphatic carbocycles. The van der Waals surface area contributed by atoms with Crippen LogP contribution >= 0.6 is 0 Å². The first-order valence-corrected chi connectivity index (χ1v) is 6.69. The molecule has 1 heterocycles. The Morgan fingerprint density at radius 2 is 1.89 bits per heavy atom. The van der Waals surface area contributed by atoms with Crippen LogP contribution in [0.5, 0.6) is 5.75 Å². The summed E-state index contributed by atoms with van der Waals surface area (Å²) in [5.74, 6) is 0.901. The van der Waals surface area contributed by atoms with Crippen LogP contribution in [0.25, 0.3) is 0 Å². The van der Waals surface area contributed by atoms with Gasteiger partial charge in [0.25, 0.3) is 0 Å². The number of methoxy groups -OCH3 is 1. The Balaban J connectivity index is 2.03. The minimum atomic E-state index is 0.504. The van der Waals surface area contributed by atoms with Crippen molar-refractivity contribution in [3.05, 3.63) is 53.9 Å². The maximum absolute atomic E-state index is 5.18. The Kier molecular flexibility index (Phi) is 4.63. The molecule has 0 spiro atoms. The molecule has 0 saturated heterocycles. The predicted octanol–water partition coefficient (Wildman–Crippen LogP) is 3.04. The second-order valence-corrected chi connectivity index (χ2v) is 5.01. The minimum absolute atomic E-state index is 0.504. The average molecular weight is 258 g/mol. The summed E-state index contributed by atoms with van der Waals surface area (Å²) in [6.45, 7) is 6.13. The number of nitrogens with one attached hydrogen (secondary N) is 1. The fourth-order valence-corrected chi connectivity index (χ4v) is 2.00. The minimum Gasteiger partial charge on any atom is -0.497 e. The molecular formula is C16H22N2O. The lowest BCUT2D eigenvalue weighted by Gasteiger charge is -2.12. The molecule has 102 valence electrons. The zero-order valence-electron chi connectivity index (χ0n) is 11.9. The molecule has 0 aliphatic heterocycles. The van der Waals surface area contributed by atoms with Gasteiger partial charge in [-0.2, -0.15) is 0 Å². The molecule has 1 aromatic carbocycles. The Hall–Kier alpha value is -1.74. The lowest BCUT2D eigenvalue weighted by molar-refractivity contribution is 0.414. The lowest BCUT2D eigenvalue weighted by atomic mass is 10.2. The average Bonchev–Trinajstić information content (AvgIpc) is 2.84. The van der Waals surface area contributed by atoms with E-state index in [1.807, 2.05) is 12.1 Å². The van der Waals surface area contributed by atoms with Gasteiger partial charge in [-0.3, -0.25) is 0 Å². The van der Waals surface area contributed by atoms with E-state index >= 15 is 0 Å². The van der Waals surface area contributed by atoms with E-state index < -0.39 is 0 Å². The van der Waals surface area contributed by atoms with Gasteiger partial charge in [-0.15, -0.1) is 0 Å². The van der Waals surface area contributed by atoms with E-state index in [1.54, 1.807) is 7.11 Å². The summed E-state index contributed by atoms with van der Waals surface area (Å²) in [5, 5.41) is 3.45. The molecule has 19 heavy (non-hydrogen) atoms. The fraction of sp³-hybridized carbons (Fsp3) is 0.375. The van der Waals surface area contributed by atoms with E-state index in [1.165, 1.54) is 11.3 Å². The Bertz CT molecular complexity index is 500. The summed E-state index contributed by atoms with van der Waals surface area (Å²) >= 11 is 0. The SMILES string of the molecule is COc1ccc(Cn2cccc2CNC(C)C)cc1. The molecule has 3 heteroatoms. The highest BCUT2D eigenvalue weighted by atomic mass is 16.5. The smallest absolute Gasteiger partial charge is 0.118 e. The Morgan fingerprint density at radius 1 is 1.16 bits per heavy atom. The summed E-state index contributed by atoms with van der Waals surface area (Å²) < 4.78 is 7.45. The van der Waals surface area contributed by atoms with Gasteiger partial charge in [-0.1, -0.05) is 26.0 Å². The molecular weight excluding hydrogens is 236 g/mol. The second kappa shape index (κ2) is 6.43. The molecule has 1 aromatic heterocycles. The largest absolute Gasteiger partial charge is 0.497 e. The van der Waals surface area contributed by atoms with Gasteiger partial charge in [0.05, 0.1) is 7.11 Å². The van der Waals surface area contributed by atoms with Gasteiger partial charge in [0.1, 0.15) is 5.75 Å². The highest BCUT2D eigenvalue weighted by Crippen LogP contribution is 2.13. The third kappa shape index (κ3) is 3.86. The zero-order chi connectivity index (χ0) is 13.7. The molecule has 0 bridgehead atoms.